The second-order valence-corrected chi connectivity index (χ2v) is 5.31. The molecule has 0 aromatic heterocycles. The normalized spacial score (nSPS) is 11.6. The van der Waals surface area contributed by atoms with Crippen molar-refractivity contribution >= 4 is 5.97 Å². The molecule has 2 aromatic carbocycles. The van der Waals surface area contributed by atoms with Crippen LogP contribution in [0.15, 0.2) is 48.5 Å². The number of rotatable bonds is 8. The molecule has 1 atom stereocenters. The van der Waals surface area contributed by atoms with E-state index in [9.17, 15) is 4.79 Å². The van der Waals surface area contributed by atoms with Crippen molar-refractivity contribution in [2.45, 2.75) is 18.9 Å². The molecule has 0 fully saturated rings. The highest BCUT2D eigenvalue weighted by atomic mass is 16.5. The zero-order valence-electron chi connectivity index (χ0n) is 14.0. The molecule has 2 aromatic rings. The molecular weight excluding hydrogens is 306 g/mol. The van der Waals surface area contributed by atoms with Crippen LogP contribution in [0.2, 0.25) is 0 Å². The number of hydrogen-bond donors (Lipinski definition) is 1. The van der Waals surface area contributed by atoms with E-state index in [1.54, 1.807) is 26.4 Å². The predicted octanol–water partition coefficient (Wildman–Crippen LogP) is 2.88. The van der Waals surface area contributed by atoms with E-state index in [2.05, 4.69) is 0 Å². The van der Waals surface area contributed by atoms with Gasteiger partial charge in [-0.05, 0) is 29.7 Å². The van der Waals surface area contributed by atoms with Crippen molar-refractivity contribution in [3.05, 3.63) is 59.7 Å². The molecule has 0 saturated carbocycles. The fourth-order valence-corrected chi connectivity index (χ4v) is 2.41. The summed E-state index contributed by atoms with van der Waals surface area (Å²) in [6, 6.07) is 15.2. The minimum absolute atomic E-state index is 0.201. The van der Waals surface area contributed by atoms with Crippen LogP contribution in [0.4, 0.5) is 0 Å². The Bertz CT molecular complexity index is 658. The van der Waals surface area contributed by atoms with Gasteiger partial charge in [0.25, 0.3) is 0 Å². The summed E-state index contributed by atoms with van der Waals surface area (Å²) in [7, 11) is 3.13. The average molecular weight is 329 g/mol. The van der Waals surface area contributed by atoms with Crippen molar-refractivity contribution in [2.24, 2.45) is 5.73 Å². The van der Waals surface area contributed by atoms with Crippen LogP contribution in [-0.4, -0.2) is 26.7 Å². The second kappa shape index (κ2) is 8.93. The van der Waals surface area contributed by atoms with Crippen LogP contribution in [0, 0.1) is 0 Å². The Morgan fingerprint density at radius 3 is 2.38 bits per heavy atom. The number of aryl methyl sites for hydroxylation is 1. The van der Waals surface area contributed by atoms with Gasteiger partial charge in [0.05, 0.1) is 14.2 Å². The molecule has 0 spiro atoms. The summed E-state index contributed by atoms with van der Waals surface area (Å²) < 4.78 is 16.0. The lowest BCUT2D eigenvalue weighted by Gasteiger charge is -2.18. The topological polar surface area (TPSA) is 70.8 Å². The lowest BCUT2D eigenvalue weighted by atomic mass is 10.1. The molecule has 0 saturated heterocycles. The lowest BCUT2D eigenvalue weighted by molar-refractivity contribution is -0.149. The van der Waals surface area contributed by atoms with Crippen molar-refractivity contribution in [2.75, 3.05) is 20.8 Å². The molecule has 0 bridgehead atoms. The van der Waals surface area contributed by atoms with Gasteiger partial charge in [0.1, 0.15) is 6.10 Å². The quantitative estimate of drug-likeness (QED) is 0.754. The Hall–Kier alpha value is -2.53. The van der Waals surface area contributed by atoms with Gasteiger partial charge in [-0.25, -0.2) is 0 Å². The maximum absolute atomic E-state index is 12.1. The summed E-state index contributed by atoms with van der Waals surface area (Å²) in [5, 5.41) is 0. The second-order valence-electron chi connectivity index (χ2n) is 5.31. The monoisotopic (exact) mass is 329 g/mol. The van der Waals surface area contributed by atoms with Gasteiger partial charge in [-0.1, -0.05) is 36.4 Å². The summed E-state index contributed by atoms with van der Waals surface area (Å²) in [6.45, 7) is 0.201. The summed E-state index contributed by atoms with van der Waals surface area (Å²) >= 11 is 0. The number of esters is 1. The Labute approximate surface area is 142 Å². The van der Waals surface area contributed by atoms with E-state index < -0.39 is 6.10 Å². The van der Waals surface area contributed by atoms with Gasteiger partial charge in [-0.2, -0.15) is 0 Å². The first-order valence-electron chi connectivity index (χ1n) is 7.83. The molecule has 0 aliphatic heterocycles. The number of hydrogen-bond acceptors (Lipinski definition) is 5. The highest BCUT2D eigenvalue weighted by Gasteiger charge is 2.17. The molecule has 128 valence electrons. The van der Waals surface area contributed by atoms with E-state index >= 15 is 0 Å². The van der Waals surface area contributed by atoms with E-state index in [0.29, 0.717) is 24.3 Å². The molecule has 0 radical (unpaired) electrons. The molecule has 0 unspecified atom stereocenters. The van der Waals surface area contributed by atoms with Gasteiger partial charge < -0.3 is 19.9 Å². The molecule has 5 nitrogen and oxygen atoms in total. The van der Waals surface area contributed by atoms with Crippen molar-refractivity contribution in [1.29, 1.82) is 0 Å². The molecule has 2 N–H and O–H groups in total. The van der Waals surface area contributed by atoms with Gasteiger partial charge in [0.2, 0.25) is 0 Å². The molecule has 2 rings (SSSR count). The van der Waals surface area contributed by atoms with Crippen LogP contribution in [0.25, 0.3) is 0 Å². The minimum atomic E-state index is -0.506. The van der Waals surface area contributed by atoms with Crippen molar-refractivity contribution in [3.8, 4) is 11.5 Å². The summed E-state index contributed by atoms with van der Waals surface area (Å²) in [5.41, 5.74) is 7.66. The number of methoxy groups -OCH3 is 2. The number of nitrogens with two attached hydrogens (primary N) is 1. The number of benzene rings is 2. The lowest BCUT2D eigenvalue weighted by Crippen LogP contribution is -2.20. The molecule has 24 heavy (non-hydrogen) atoms. The molecule has 0 aliphatic carbocycles. The third-order valence-corrected chi connectivity index (χ3v) is 3.73. The van der Waals surface area contributed by atoms with Crippen LogP contribution in [0.5, 0.6) is 11.5 Å². The van der Waals surface area contributed by atoms with Gasteiger partial charge in [0.15, 0.2) is 11.5 Å². The van der Waals surface area contributed by atoms with E-state index in [0.717, 1.165) is 11.1 Å². The van der Waals surface area contributed by atoms with Gasteiger partial charge in [0, 0.05) is 13.0 Å². The zero-order valence-corrected chi connectivity index (χ0v) is 14.0. The number of ether oxygens (including phenoxy) is 3. The number of carbonyl (C=O) groups is 1. The number of carbonyl (C=O) groups excluding carboxylic acids is 1. The van der Waals surface area contributed by atoms with E-state index in [1.165, 1.54) is 0 Å². The van der Waals surface area contributed by atoms with E-state index in [-0.39, 0.29) is 12.5 Å². The maximum Gasteiger partial charge on any atom is 0.306 e. The smallest absolute Gasteiger partial charge is 0.306 e. The summed E-state index contributed by atoms with van der Waals surface area (Å²) in [4.78, 5) is 12.1. The van der Waals surface area contributed by atoms with Crippen LogP contribution >= 0.6 is 0 Å². The standard InChI is InChI=1S/C19H23NO4/c1-22-16-10-9-15(12-17(16)23-2)18(13-20)24-19(21)11-8-14-6-4-3-5-7-14/h3-7,9-10,12,18H,8,11,13,20H2,1-2H3/t18-/m1/s1. The largest absolute Gasteiger partial charge is 0.493 e. The fraction of sp³-hybridized carbons (Fsp3) is 0.316. The molecule has 0 heterocycles. The third kappa shape index (κ3) is 4.73. The molecule has 0 amide bonds. The summed E-state index contributed by atoms with van der Waals surface area (Å²) in [6.07, 6.45) is 0.449. The van der Waals surface area contributed by atoms with Crippen molar-refractivity contribution in [3.63, 3.8) is 0 Å². The van der Waals surface area contributed by atoms with E-state index in [1.807, 2.05) is 36.4 Å². The van der Waals surface area contributed by atoms with Crippen LogP contribution < -0.4 is 15.2 Å². The first kappa shape index (κ1) is 17.8. The summed E-state index contributed by atoms with van der Waals surface area (Å²) in [5.74, 6) is 0.922. The first-order valence-corrected chi connectivity index (χ1v) is 7.83. The predicted molar refractivity (Wildman–Crippen MR) is 92.2 cm³/mol. The van der Waals surface area contributed by atoms with Crippen LogP contribution in [0.3, 0.4) is 0 Å². The van der Waals surface area contributed by atoms with Gasteiger partial charge >= 0.3 is 5.97 Å². The molecule has 0 aliphatic rings. The maximum atomic E-state index is 12.1. The van der Waals surface area contributed by atoms with Crippen LogP contribution in [0.1, 0.15) is 23.7 Å². The fourth-order valence-electron chi connectivity index (χ4n) is 2.41. The molecular formula is C19H23NO4. The van der Waals surface area contributed by atoms with Gasteiger partial charge in [-0.3, -0.25) is 4.79 Å². The highest BCUT2D eigenvalue weighted by molar-refractivity contribution is 5.70. The zero-order chi connectivity index (χ0) is 17.4. The first-order chi connectivity index (χ1) is 11.7. The Kier molecular flexibility index (Phi) is 6.63. The van der Waals surface area contributed by atoms with Crippen molar-refractivity contribution in [1.82, 2.24) is 0 Å². The van der Waals surface area contributed by atoms with E-state index in [4.69, 9.17) is 19.9 Å². The third-order valence-electron chi connectivity index (χ3n) is 3.73. The highest BCUT2D eigenvalue weighted by Crippen LogP contribution is 2.31. The Morgan fingerprint density at radius 2 is 1.75 bits per heavy atom. The molecule has 5 heteroatoms. The van der Waals surface area contributed by atoms with Crippen LogP contribution in [-0.2, 0) is 16.0 Å². The van der Waals surface area contributed by atoms with Crippen molar-refractivity contribution < 1.29 is 19.0 Å². The SMILES string of the molecule is COc1ccc([C@@H](CN)OC(=O)CCc2ccccc2)cc1OC. The van der Waals surface area contributed by atoms with Gasteiger partial charge in [-0.15, -0.1) is 0 Å². The Balaban J connectivity index is 1.99. The minimum Gasteiger partial charge on any atom is -0.493 e. The Morgan fingerprint density at radius 1 is 1.04 bits per heavy atom. The average Bonchev–Trinajstić information content (AvgIpc) is 2.64.